The van der Waals surface area contributed by atoms with Crippen LogP contribution in [0.3, 0.4) is 0 Å². The molecule has 2 fully saturated rings. The average Bonchev–Trinajstić information content (AvgIpc) is 3.03. The van der Waals surface area contributed by atoms with E-state index in [0.29, 0.717) is 38.7 Å². The van der Waals surface area contributed by atoms with E-state index in [4.69, 9.17) is 9.26 Å². The number of carbonyl (C=O) groups excluding carboxylic acids is 1. The van der Waals surface area contributed by atoms with Crippen LogP contribution in [0.1, 0.15) is 18.6 Å². The Hall–Kier alpha value is -1.67. The van der Waals surface area contributed by atoms with E-state index in [1.165, 1.54) is 0 Å². The number of aromatic nitrogens is 2. The van der Waals surface area contributed by atoms with Gasteiger partial charge in [-0.25, -0.2) is 4.79 Å². The molecule has 8 heteroatoms. The van der Waals surface area contributed by atoms with E-state index in [1.807, 2.05) is 16.7 Å². The number of morpholine rings is 1. The van der Waals surface area contributed by atoms with Crippen LogP contribution >= 0.6 is 0 Å². The van der Waals surface area contributed by atoms with Crippen LogP contribution < -0.4 is 0 Å². The van der Waals surface area contributed by atoms with Crippen molar-refractivity contribution in [3.63, 3.8) is 0 Å². The van der Waals surface area contributed by atoms with Crippen molar-refractivity contribution in [3.8, 4) is 0 Å². The molecule has 0 saturated carbocycles. The molecule has 8 nitrogen and oxygen atoms in total. The Labute approximate surface area is 130 Å². The second-order valence-corrected chi connectivity index (χ2v) is 5.60. The van der Waals surface area contributed by atoms with E-state index in [9.17, 15) is 4.79 Å². The Morgan fingerprint density at radius 1 is 1.09 bits per heavy atom. The van der Waals surface area contributed by atoms with E-state index in [1.54, 1.807) is 0 Å². The summed E-state index contributed by atoms with van der Waals surface area (Å²) in [7, 11) is 0. The number of urea groups is 1. The maximum Gasteiger partial charge on any atom is 0.320 e. The van der Waals surface area contributed by atoms with Crippen LogP contribution in [0.25, 0.3) is 0 Å². The number of hydrogen-bond acceptors (Lipinski definition) is 6. The second kappa shape index (κ2) is 7.06. The first kappa shape index (κ1) is 15.2. The molecule has 0 aromatic carbocycles. The molecule has 122 valence electrons. The molecule has 0 unspecified atom stereocenters. The van der Waals surface area contributed by atoms with Crippen LogP contribution in [0.2, 0.25) is 0 Å². The molecule has 2 amide bonds. The average molecular weight is 309 g/mol. The van der Waals surface area contributed by atoms with Crippen molar-refractivity contribution in [3.05, 3.63) is 11.7 Å². The molecule has 0 spiro atoms. The zero-order valence-electron chi connectivity index (χ0n) is 13.0. The number of amides is 2. The highest BCUT2D eigenvalue weighted by Gasteiger charge is 2.26. The Balaban J connectivity index is 1.46. The summed E-state index contributed by atoms with van der Waals surface area (Å²) in [5.74, 6) is 1.40. The smallest absolute Gasteiger partial charge is 0.320 e. The number of hydrogen-bond donors (Lipinski definition) is 0. The molecule has 2 saturated heterocycles. The standard InChI is InChI=1S/C14H23N5O3/c1-2-12-15-13(22-16-12)11-17-3-5-18(6-4-17)14(20)19-7-9-21-10-8-19/h2-11H2,1H3. The molecule has 0 N–H and O–H groups in total. The first-order chi connectivity index (χ1) is 10.8. The second-order valence-electron chi connectivity index (χ2n) is 5.60. The number of aryl methyl sites for hydroxylation is 1. The van der Waals surface area contributed by atoms with Crippen molar-refractivity contribution in [1.82, 2.24) is 24.8 Å². The van der Waals surface area contributed by atoms with Gasteiger partial charge in [0.1, 0.15) is 0 Å². The summed E-state index contributed by atoms with van der Waals surface area (Å²) >= 11 is 0. The van der Waals surface area contributed by atoms with Gasteiger partial charge in [-0.1, -0.05) is 12.1 Å². The quantitative estimate of drug-likeness (QED) is 0.794. The fourth-order valence-corrected chi connectivity index (χ4v) is 2.74. The minimum Gasteiger partial charge on any atom is -0.378 e. The highest BCUT2D eigenvalue weighted by molar-refractivity contribution is 5.74. The zero-order chi connectivity index (χ0) is 15.4. The van der Waals surface area contributed by atoms with Crippen molar-refractivity contribution in [2.45, 2.75) is 19.9 Å². The normalized spacial score (nSPS) is 20.4. The van der Waals surface area contributed by atoms with E-state index in [-0.39, 0.29) is 6.03 Å². The Morgan fingerprint density at radius 2 is 1.77 bits per heavy atom. The van der Waals surface area contributed by atoms with Crippen LogP contribution in [0.15, 0.2) is 4.52 Å². The summed E-state index contributed by atoms with van der Waals surface area (Å²) in [6.07, 6.45) is 0.783. The van der Waals surface area contributed by atoms with E-state index in [2.05, 4.69) is 15.0 Å². The van der Waals surface area contributed by atoms with Gasteiger partial charge < -0.3 is 19.1 Å². The lowest BCUT2D eigenvalue weighted by Crippen LogP contribution is -2.54. The predicted molar refractivity (Wildman–Crippen MR) is 78.3 cm³/mol. The highest BCUT2D eigenvalue weighted by atomic mass is 16.5. The lowest BCUT2D eigenvalue weighted by atomic mass is 10.3. The van der Waals surface area contributed by atoms with Crippen LogP contribution in [-0.4, -0.2) is 83.4 Å². The van der Waals surface area contributed by atoms with Crippen LogP contribution in [0.5, 0.6) is 0 Å². The van der Waals surface area contributed by atoms with Crippen molar-refractivity contribution >= 4 is 6.03 Å². The van der Waals surface area contributed by atoms with Gasteiger partial charge in [-0.05, 0) is 0 Å². The van der Waals surface area contributed by atoms with Gasteiger partial charge in [0, 0.05) is 45.7 Å². The van der Waals surface area contributed by atoms with Gasteiger partial charge in [-0.2, -0.15) is 4.98 Å². The summed E-state index contributed by atoms with van der Waals surface area (Å²) < 4.78 is 10.5. The Morgan fingerprint density at radius 3 is 2.41 bits per heavy atom. The molecule has 3 rings (SSSR count). The topological polar surface area (TPSA) is 74.9 Å². The summed E-state index contributed by atoms with van der Waals surface area (Å²) in [5.41, 5.74) is 0. The molecule has 1 aromatic rings. The van der Waals surface area contributed by atoms with Crippen molar-refractivity contribution in [1.29, 1.82) is 0 Å². The molecule has 1 aromatic heterocycles. The monoisotopic (exact) mass is 309 g/mol. The molecule has 3 heterocycles. The molecule has 0 aliphatic carbocycles. The summed E-state index contributed by atoms with van der Waals surface area (Å²) in [6.45, 7) is 8.49. The third kappa shape index (κ3) is 3.56. The van der Waals surface area contributed by atoms with Gasteiger partial charge in [0.15, 0.2) is 5.82 Å². The Kier molecular flexibility index (Phi) is 4.89. The van der Waals surface area contributed by atoms with Gasteiger partial charge >= 0.3 is 6.03 Å². The van der Waals surface area contributed by atoms with Crippen molar-refractivity contribution in [2.24, 2.45) is 0 Å². The van der Waals surface area contributed by atoms with E-state index in [0.717, 1.165) is 38.4 Å². The number of rotatable bonds is 3. The van der Waals surface area contributed by atoms with Gasteiger partial charge in [0.2, 0.25) is 5.89 Å². The maximum absolute atomic E-state index is 12.4. The fraction of sp³-hybridized carbons (Fsp3) is 0.786. The third-order valence-electron chi connectivity index (χ3n) is 4.11. The van der Waals surface area contributed by atoms with Gasteiger partial charge in [0.25, 0.3) is 0 Å². The molecular formula is C14H23N5O3. The van der Waals surface area contributed by atoms with Crippen LogP contribution in [-0.2, 0) is 17.7 Å². The minimum absolute atomic E-state index is 0.133. The number of carbonyl (C=O) groups is 1. The Bertz CT molecular complexity index is 492. The lowest BCUT2D eigenvalue weighted by Gasteiger charge is -2.38. The first-order valence-electron chi connectivity index (χ1n) is 7.91. The lowest BCUT2D eigenvalue weighted by molar-refractivity contribution is 0.0367. The predicted octanol–water partition coefficient (Wildman–Crippen LogP) is 0.202. The van der Waals surface area contributed by atoms with Gasteiger partial charge in [-0.15, -0.1) is 0 Å². The van der Waals surface area contributed by atoms with E-state index >= 15 is 0 Å². The number of nitrogens with zero attached hydrogens (tertiary/aromatic N) is 5. The van der Waals surface area contributed by atoms with Crippen LogP contribution in [0, 0.1) is 0 Å². The van der Waals surface area contributed by atoms with E-state index < -0.39 is 0 Å². The summed E-state index contributed by atoms with van der Waals surface area (Å²) in [6, 6.07) is 0.133. The largest absolute Gasteiger partial charge is 0.378 e. The van der Waals surface area contributed by atoms with Gasteiger partial charge in [-0.3, -0.25) is 4.90 Å². The number of ether oxygens (including phenoxy) is 1. The summed E-state index contributed by atoms with van der Waals surface area (Å²) in [4.78, 5) is 22.8. The number of piperazine rings is 1. The molecule has 0 atom stereocenters. The zero-order valence-corrected chi connectivity index (χ0v) is 13.0. The molecule has 2 aliphatic heterocycles. The van der Waals surface area contributed by atoms with Gasteiger partial charge in [0.05, 0.1) is 19.8 Å². The first-order valence-corrected chi connectivity index (χ1v) is 7.91. The molecule has 22 heavy (non-hydrogen) atoms. The van der Waals surface area contributed by atoms with Crippen molar-refractivity contribution in [2.75, 3.05) is 52.5 Å². The molecule has 0 radical (unpaired) electrons. The fourth-order valence-electron chi connectivity index (χ4n) is 2.74. The highest BCUT2D eigenvalue weighted by Crippen LogP contribution is 2.10. The summed E-state index contributed by atoms with van der Waals surface area (Å²) in [5, 5.41) is 3.91. The molecule has 0 bridgehead atoms. The minimum atomic E-state index is 0.133. The van der Waals surface area contributed by atoms with Crippen LogP contribution in [0.4, 0.5) is 4.79 Å². The SMILES string of the molecule is CCc1noc(CN2CCN(C(=O)N3CCOCC3)CC2)n1. The maximum atomic E-state index is 12.4. The molecular weight excluding hydrogens is 286 g/mol. The molecule has 2 aliphatic rings. The van der Waals surface area contributed by atoms with Crippen molar-refractivity contribution < 1.29 is 14.1 Å². The third-order valence-corrected chi connectivity index (χ3v) is 4.11.